The first kappa shape index (κ1) is 11.9. The van der Waals surface area contributed by atoms with Gasteiger partial charge in [0, 0.05) is 17.5 Å². The Kier molecular flexibility index (Phi) is 3.66. The highest BCUT2D eigenvalue weighted by Gasteiger charge is 2.30. The summed E-state index contributed by atoms with van der Waals surface area (Å²) in [5.74, 6) is 0.00773. The average molecular weight is 213 g/mol. The lowest BCUT2D eigenvalue weighted by atomic mass is 9.82. The molecule has 1 atom stereocenters. The van der Waals surface area contributed by atoms with Crippen molar-refractivity contribution in [3.8, 4) is 5.75 Å². The summed E-state index contributed by atoms with van der Waals surface area (Å²) >= 11 is 0. The van der Waals surface area contributed by atoms with Crippen LogP contribution in [0, 0.1) is 5.82 Å². The van der Waals surface area contributed by atoms with Crippen molar-refractivity contribution in [3.63, 3.8) is 0 Å². The number of nitrogens with two attached hydrogens (primary N) is 1. The van der Waals surface area contributed by atoms with Crippen LogP contribution in [0.25, 0.3) is 0 Å². The molecule has 3 nitrogen and oxygen atoms in total. The average Bonchev–Trinajstić information content (AvgIpc) is 2.27. The Morgan fingerprint density at radius 3 is 2.67 bits per heavy atom. The molecule has 3 N–H and O–H groups in total. The van der Waals surface area contributed by atoms with Crippen LogP contribution in [0.2, 0.25) is 0 Å². The van der Waals surface area contributed by atoms with Crippen molar-refractivity contribution in [3.05, 3.63) is 29.6 Å². The van der Waals surface area contributed by atoms with Gasteiger partial charge in [-0.05, 0) is 12.1 Å². The van der Waals surface area contributed by atoms with Crippen LogP contribution >= 0.6 is 0 Å². The molecule has 1 aromatic rings. The molecule has 0 aliphatic rings. The van der Waals surface area contributed by atoms with Gasteiger partial charge in [-0.15, -0.1) is 0 Å². The quantitative estimate of drug-likeness (QED) is 0.785. The molecule has 84 valence electrons. The van der Waals surface area contributed by atoms with Crippen molar-refractivity contribution in [2.24, 2.45) is 5.73 Å². The third-order valence-corrected chi connectivity index (χ3v) is 2.60. The Morgan fingerprint density at radius 1 is 1.53 bits per heavy atom. The topological polar surface area (TPSA) is 55.5 Å². The smallest absolute Gasteiger partial charge is 0.130 e. The zero-order chi connectivity index (χ0) is 11.5. The predicted molar refractivity (Wildman–Crippen MR) is 56.4 cm³/mol. The number of hydrogen-bond donors (Lipinski definition) is 2. The first-order chi connectivity index (χ1) is 7.09. The fourth-order valence-corrected chi connectivity index (χ4v) is 1.51. The van der Waals surface area contributed by atoms with Crippen molar-refractivity contribution < 1.29 is 14.2 Å². The minimum absolute atomic E-state index is 0.154. The van der Waals surface area contributed by atoms with E-state index in [9.17, 15) is 9.50 Å². The first-order valence-electron chi connectivity index (χ1n) is 4.73. The Bertz CT molecular complexity index is 337. The van der Waals surface area contributed by atoms with Crippen LogP contribution in [0.3, 0.4) is 0 Å². The Hall–Kier alpha value is -1.13. The maximum atomic E-state index is 13.7. The molecule has 0 saturated heterocycles. The summed E-state index contributed by atoms with van der Waals surface area (Å²) in [4.78, 5) is 0. The molecule has 0 aliphatic heterocycles. The molecule has 15 heavy (non-hydrogen) atoms. The molecule has 0 radical (unpaired) electrons. The Labute approximate surface area is 88.7 Å². The van der Waals surface area contributed by atoms with E-state index < -0.39 is 11.2 Å². The second-order valence-electron chi connectivity index (χ2n) is 3.74. The van der Waals surface area contributed by atoms with Crippen LogP contribution in [0.1, 0.15) is 12.5 Å². The molecule has 1 rings (SSSR count). The largest absolute Gasteiger partial charge is 0.496 e. The lowest BCUT2D eigenvalue weighted by Gasteiger charge is -2.28. The van der Waals surface area contributed by atoms with Gasteiger partial charge in [-0.2, -0.15) is 0 Å². The molecule has 0 aliphatic carbocycles. The van der Waals surface area contributed by atoms with Gasteiger partial charge in [-0.25, -0.2) is 4.39 Å². The van der Waals surface area contributed by atoms with Crippen LogP contribution in [0.15, 0.2) is 18.2 Å². The van der Waals surface area contributed by atoms with Gasteiger partial charge in [0.15, 0.2) is 0 Å². The van der Waals surface area contributed by atoms with Crippen LogP contribution in [-0.4, -0.2) is 25.4 Å². The number of rotatable bonds is 4. The van der Waals surface area contributed by atoms with Gasteiger partial charge in [0.05, 0.1) is 13.7 Å². The molecule has 0 fully saturated rings. The van der Waals surface area contributed by atoms with Crippen LogP contribution in [0.4, 0.5) is 4.39 Å². The van der Waals surface area contributed by atoms with Crippen molar-refractivity contribution in [1.82, 2.24) is 0 Å². The van der Waals surface area contributed by atoms with Gasteiger partial charge in [0.1, 0.15) is 11.6 Å². The normalized spacial score (nSPS) is 14.7. The van der Waals surface area contributed by atoms with Crippen LogP contribution in [0.5, 0.6) is 5.75 Å². The monoisotopic (exact) mass is 213 g/mol. The Balaban J connectivity index is 3.33. The highest BCUT2D eigenvalue weighted by Crippen LogP contribution is 2.33. The van der Waals surface area contributed by atoms with E-state index >= 15 is 0 Å². The van der Waals surface area contributed by atoms with E-state index in [-0.39, 0.29) is 13.2 Å². The third kappa shape index (κ3) is 2.11. The summed E-state index contributed by atoms with van der Waals surface area (Å²) in [5, 5.41) is 9.28. The van der Waals surface area contributed by atoms with E-state index in [0.29, 0.717) is 11.3 Å². The van der Waals surface area contributed by atoms with E-state index in [1.807, 2.05) is 0 Å². The van der Waals surface area contributed by atoms with E-state index in [2.05, 4.69) is 0 Å². The van der Waals surface area contributed by atoms with E-state index in [4.69, 9.17) is 10.5 Å². The number of hydrogen-bond acceptors (Lipinski definition) is 3. The lowest BCUT2D eigenvalue weighted by molar-refractivity contribution is 0.202. The van der Waals surface area contributed by atoms with Crippen molar-refractivity contribution in [2.75, 3.05) is 20.3 Å². The van der Waals surface area contributed by atoms with E-state index in [0.717, 1.165) is 0 Å². The summed E-state index contributed by atoms with van der Waals surface area (Å²) in [6.07, 6.45) is 0. The maximum Gasteiger partial charge on any atom is 0.130 e. The summed E-state index contributed by atoms with van der Waals surface area (Å²) in [5.41, 5.74) is 5.08. The molecular weight excluding hydrogens is 197 g/mol. The number of benzene rings is 1. The van der Waals surface area contributed by atoms with E-state index in [1.165, 1.54) is 13.2 Å². The molecule has 0 amide bonds. The molecule has 4 heteroatoms. The maximum absolute atomic E-state index is 13.7. The molecule has 0 spiro atoms. The van der Waals surface area contributed by atoms with Gasteiger partial charge < -0.3 is 15.6 Å². The van der Waals surface area contributed by atoms with Gasteiger partial charge in [-0.1, -0.05) is 13.0 Å². The lowest BCUT2D eigenvalue weighted by Crippen LogP contribution is -2.36. The minimum atomic E-state index is -0.809. The summed E-state index contributed by atoms with van der Waals surface area (Å²) in [7, 11) is 1.46. The summed E-state index contributed by atoms with van der Waals surface area (Å²) in [6, 6.07) is 4.55. The molecule has 0 heterocycles. The highest BCUT2D eigenvalue weighted by molar-refractivity contribution is 5.40. The van der Waals surface area contributed by atoms with Crippen LogP contribution in [-0.2, 0) is 5.41 Å². The van der Waals surface area contributed by atoms with E-state index in [1.54, 1.807) is 19.1 Å². The number of aliphatic hydroxyl groups excluding tert-OH is 1. The van der Waals surface area contributed by atoms with Gasteiger partial charge in [0.2, 0.25) is 0 Å². The van der Waals surface area contributed by atoms with Crippen molar-refractivity contribution >= 4 is 0 Å². The SMILES string of the molecule is COc1cccc(F)c1C(C)(CN)CO. The molecule has 0 saturated carbocycles. The second-order valence-corrected chi connectivity index (χ2v) is 3.74. The highest BCUT2D eigenvalue weighted by atomic mass is 19.1. The summed E-state index contributed by atoms with van der Waals surface area (Å²) < 4.78 is 18.7. The molecular formula is C11H16FNO2. The van der Waals surface area contributed by atoms with Gasteiger partial charge in [0.25, 0.3) is 0 Å². The second kappa shape index (κ2) is 4.59. The zero-order valence-corrected chi connectivity index (χ0v) is 8.96. The zero-order valence-electron chi connectivity index (χ0n) is 8.96. The molecule has 0 aromatic heterocycles. The molecule has 1 unspecified atom stereocenters. The number of ether oxygens (including phenoxy) is 1. The minimum Gasteiger partial charge on any atom is -0.496 e. The fourth-order valence-electron chi connectivity index (χ4n) is 1.51. The van der Waals surface area contributed by atoms with Crippen molar-refractivity contribution in [2.45, 2.75) is 12.3 Å². The number of methoxy groups -OCH3 is 1. The molecule has 0 bridgehead atoms. The number of aliphatic hydroxyl groups is 1. The van der Waals surface area contributed by atoms with Gasteiger partial charge in [-0.3, -0.25) is 0 Å². The number of halogens is 1. The standard InChI is InChI=1S/C11H16FNO2/c1-11(6-13,7-14)10-8(12)4-3-5-9(10)15-2/h3-5,14H,6-7,13H2,1-2H3. The first-order valence-corrected chi connectivity index (χ1v) is 4.73. The molecule has 1 aromatic carbocycles. The fraction of sp³-hybridized carbons (Fsp3) is 0.455. The summed E-state index contributed by atoms with van der Waals surface area (Å²) in [6.45, 7) is 1.63. The predicted octanol–water partition coefficient (Wildman–Crippen LogP) is 1.04. The van der Waals surface area contributed by atoms with Crippen molar-refractivity contribution in [1.29, 1.82) is 0 Å². The Morgan fingerprint density at radius 2 is 2.20 bits per heavy atom. The van der Waals surface area contributed by atoms with Crippen LogP contribution < -0.4 is 10.5 Å². The third-order valence-electron chi connectivity index (χ3n) is 2.60. The van der Waals surface area contributed by atoms with Gasteiger partial charge >= 0.3 is 0 Å².